The zero-order valence-electron chi connectivity index (χ0n) is 14.6. The molecule has 1 fully saturated rings. The number of carboxylic acid groups (broad SMARTS) is 1. The van der Waals surface area contributed by atoms with Crippen molar-refractivity contribution in [3.05, 3.63) is 29.8 Å². The number of rotatable bonds is 6. The third kappa shape index (κ3) is 5.29. The van der Waals surface area contributed by atoms with Crippen LogP contribution in [0.4, 0.5) is 5.69 Å². The van der Waals surface area contributed by atoms with Crippen molar-refractivity contribution >= 4 is 27.4 Å². The van der Waals surface area contributed by atoms with Gasteiger partial charge in [-0.3, -0.25) is 9.59 Å². The van der Waals surface area contributed by atoms with Crippen molar-refractivity contribution in [2.45, 2.75) is 50.5 Å². The van der Waals surface area contributed by atoms with E-state index in [0.29, 0.717) is 30.5 Å². The molecule has 0 saturated heterocycles. The first-order valence-electron chi connectivity index (χ1n) is 8.53. The van der Waals surface area contributed by atoms with Crippen LogP contribution in [0.1, 0.15) is 45.1 Å². The maximum Gasteiger partial charge on any atom is 0.306 e. The number of aliphatic carboxylic acids is 1. The summed E-state index contributed by atoms with van der Waals surface area (Å²) in [6.07, 6.45) is 2.36. The number of hydrogen-bond donors (Lipinski definition) is 2. The number of hydrogen-bond acceptors (Lipinski definition) is 4. The van der Waals surface area contributed by atoms with Gasteiger partial charge in [-0.25, -0.2) is 8.42 Å². The molecule has 1 aromatic rings. The minimum absolute atomic E-state index is 0.0705. The lowest BCUT2D eigenvalue weighted by atomic mass is 9.81. The first-order valence-corrected chi connectivity index (χ1v) is 10.2. The molecule has 1 aromatic carbocycles. The van der Waals surface area contributed by atoms with Crippen molar-refractivity contribution in [3.8, 4) is 0 Å². The van der Waals surface area contributed by atoms with Gasteiger partial charge in [-0.05, 0) is 50.8 Å². The van der Waals surface area contributed by atoms with Gasteiger partial charge in [0.05, 0.1) is 16.9 Å². The smallest absolute Gasteiger partial charge is 0.306 e. The van der Waals surface area contributed by atoms with Gasteiger partial charge < -0.3 is 10.4 Å². The fraction of sp³-hybridized carbons (Fsp3) is 0.556. The molecule has 0 heterocycles. The van der Waals surface area contributed by atoms with Crippen LogP contribution >= 0.6 is 0 Å². The first-order chi connectivity index (χ1) is 11.7. The van der Waals surface area contributed by atoms with E-state index in [1.54, 1.807) is 38.1 Å². The van der Waals surface area contributed by atoms with E-state index in [2.05, 4.69) is 5.32 Å². The van der Waals surface area contributed by atoms with Crippen LogP contribution in [-0.2, 0) is 25.2 Å². The van der Waals surface area contributed by atoms with E-state index in [-0.39, 0.29) is 17.6 Å². The third-order valence-electron chi connectivity index (χ3n) is 4.67. The van der Waals surface area contributed by atoms with Crippen LogP contribution in [-0.4, -0.2) is 30.7 Å². The highest BCUT2D eigenvalue weighted by molar-refractivity contribution is 7.91. The molecule has 1 amide bonds. The molecule has 2 atom stereocenters. The Kier molecular flexibility index (Phi) is 6.21. The molecular weight excluding hydrogens is 342 g/mol. The fourth-order valence-electron chi connectivity index (χ4n) is 3.03. The summed E-state index contributed by atoms with van der Waals surface area (Å²) >= 11 is 0. The second-order valence-electron chi connectivity index (χ2n) is 6.94. The lowest BCUT2D eigenvalue weighted by Gasteiger charge is -2.25. The number of amides is 1. The molecule has 138 valence electrons. The van der Waals surface area contributed by atoms with Crippen molar-refractivity contribution < 1.29 is 23.1 Å². The summed E-state index contributed by atoms with van der Waals surface area (Å²) in [7, 11) is -3.21. The standard InChI is InChI=1S/C18H25NO5S/c1-12(2)25(23,24)11-13-5-3-8-16(9-13)19-17(20)14-6-4-7-15(10-14)18(21)22/h3,5,8-9,12,14-15H,4,6-7,10-11H2,1-2H3,(H,19,20)(H,21,22). The molecule has 0 bridgehead atoms. The molecule has 1 aliphatic carbocycles. The first kappa shape index (κ1) is 19.4. The Hall–Kier alpha value is -1.89. The van der Waals surface area contributed by atoms with E-state index in [0.717, 1.165) is 6.42 Å². The Morgan fingerprint density at radius 1 is 1.24 bits per heavy atom. The number of carbonyl (C=O) groups excluding carboxylic acids is 1. The lowest BCUT2D eigenvalue weighted by Crippen LogP contribution is -2.30. The van der Waals surface area contributed by atoms with Gasteiger partial charge in [-0.1, -0.05) is 18.6 Å². The quantitative estimate of drug-likeness (QED) is 0.805. The largest absolute Gasteiger partial charge is 0.481 e. The van der Waals surface area contributed by atoms with Gasteiger partial charge in [0.15, 0.2) is 9.84 Å². The topological polar surface area (TPSA) is 101 Å². The molecule has 7 heteroatoms. The summed E-state index contributed by atoms with van der Waals surface area (Å²) in [5.41, 5.74) is 1.16. The molecule has 0 aliphatic heterocycles. The molecule has 2 N–H and O–H groups in total. The van der Waals surface area contributed by atoms with E-state index in [9.17, 15) is 18.0 Å². The summed E-state index contributed by atoms with van der Waals surface area (Å²) in [6.45, 7) is 3.28. The highest BCUT2D eigenvalue weighted by Gasteiger charge is 2.31. The van der Waals surface area contributed by atoms with Crippen LogP contribution in [0.25, 0.3) is 0 Å². The average molecular weight is 367 g/mol. The Bertz CT molecular complexity index is 742. The van der Waals surface area contributed by atoms with Crippen molar-refractivity contribution in [2.24, 2.45) is 11.8 Å². The van der Waals surface area contributed by atoms with Crippen LogP contribution in [0.15, 0.2) is 24.3 Å². The summed E-state index contributed by atoms with van der Waals surface area (Å²) in [6, 6.07) is 6.80. The number of carboxylic acids is 1. The molecule has 25 heavy (non-hydrogen) atoms. The van der Waals surface area contributed by atoms with Crippen LogP contribution in [0, 0.1) is 11.8 Å². The van der Waals surface area contributed by atoms with E-state index in [1.165, 1.54) is 0 Å². The SMILES string of the molecule is CC(C)S(=O)(=O)Cc1cccc(NC(=O)C2CCCC(C(=O)O)C2)c1. The van der Waals surface area contributed by atoms with E-state index in [4.69, 9.17) is 5.11 Å². The second kappa shape index (κ2) is 7.99. The van der Waals surface area contributed by atoms with Crippen molar-refractivity contribution in [1.82, 2.24) is 0 Å². The Labute approximate surface area is 148 Å². The second-order valence-corrected chi connectivity index (χ2v) is 9.50. The Morgan fingerprint density at radius 3 is 2.56 bits per heavy atom. The molecule has 0 aromatic heterocycles. The summed E-state index contributed by atoms with van der Waals surface area (Å²) in [5, 5.41) is 11.5. The molecule has 0 radical (unpaired) electrons. The Balaban J connectivity index is 2.04. The van der Waals surface area contributed by atoms with Gasteiger partial charge in [0.2, 0.25) is 5.91 Å². The predicted molar refractivity (Wildman–Crippen MR) is 95.9 cm³/mol. The van der Waals surface area contributed by atoms with Gasteiger partial charge in [0, 0.05) is 11.6 Å². The number of carbonyl (C=O) groups is 2. The highest BCUT2D eigenvalue weighted by atomic mass is 32.2. The summed E-state index contributed by atoms with van der Waals surface area (Å²) < 4.78 is 24.1. The zero-order valence-corrected chi connectivity index (χ0v) is 15.4. The van der Waals surface area contributed by atoms with Crippen molar-refractivity contribution in [2.75, 3.05) is 5.32 Å². The highest BCUT2D eigenvalue weighted by Crippen LogP contribution is 2.30. The number of benzene rings is 1. The van der Waals surface area contributed by atoms with Crippen LogP contribution in [0.3, 0.4) is 0 Å². The minimum atomic E-state index is -3.21. The third-order valence-corrected chi connectivity index (χ3v) is 6.85. The molecule has 2 unspecified atom stereocenters. The summed E-state index contributed by atoms with van der Waals surface area (Å²) in [4.78, 5) is 23.5. The van der Waals surface area contributed by atoms with Gasteiger partial charge in [-0.15, -0.1) is 0 Å². The van der Waals surface area contributed by atoms with Gasteiger partial charge in [-0.2, -0.15) is 0 Å². The van der Waals surface area contributed by atoms with Gasteiger partial charge in [0.1, 0.15) is 0 Å². The van der Waals surface area contributed by atoms with Crippen LogP contribution < -0.4 is 5.32 Å². The zero-order chi connectivity index (χ0) is 18.6. The molecule has 2 rings (SSSR count). The number of sulfone groups is 1. The molecule has 1 aliphatic rings. The number of anilines is 1. The molecule has 0 spiro atoms. The van der Waals surface area contributed by atoms with Gasteiger partial charge >= 0.3 is 5.97 Å². The minimum Gasteiger partial charge on any atom is -0.481 e. The molecule has 6 nitrogen and oxygen atoms in total. The van der Waals surface area contributed by atoms with Crippen LogP contribution in [0.2, 0.25) is 0 Å². The fourth-order valence-corrected chi connectivity index (χ4v) is 4.01. The van der Waals surface area contributed by atoms with E-state index >= 15 is 0 Å². The average Bonchev–Trinajstić information content (AvgIpc) is 2.54. The molecule has 1 saturated carbocycles. The normalized spacial score (nSPS) is 21.1. The molecular formula is C18H25NO5S. The monoisotopic (exact) mass is 367 g/mol. The van der Waals surface area contributed by atoms with Crippen molar-refractivity contribution in [1.29, 1.82) is 0 Å². The Morgan fingerprint density at radius 2 is 1.92 bits per heavy atom. The maximum absolute atomic E-state index is 12.4. The van der Waals surface area contributed by atoms with E-state index < -0.39 is 27.0 Å². The van der Waals surface area contributed by atoms with Gasteiger partial charge in [0.25, 0.3) is 0 Å². The lowest BCUT2D eigenvalue weighted by molar-refractivity contribution is -0.143. The van der Waals surface area contributed by atoms with E-state index in [1.807, 2.05) is 0 Å². The number of nitrogens with one attached hydrogen (secondary N) is 1. The van der Waals surface area contributed by atoms with Crippen LogP contribution in [0.5, 0.6) is 0 Å². The maximum atomic E-state index is 12.4. The van der Waals surface area contributed by atoms with Crippen molar-refractivity contribution in [3.63, 3.8) is 0 Å². The predicted octanol–water partition coefficient (Wildman–Crippen LogP) is 2.84. The summed E-state index contributed by atoms with van der Waals surface area (Å²) in [5.74, 6) is -1.91.